The van der Waals surface area contributed by atoms with Crippen LogP contribution in [-0.2, 0) is 14.4 Å². The third kappa shape index (κ3) is 4.91. The largest absolute Gasteiger partial charge is 0.481 e. The van der Waals surface area contributed by atoms with Gasteiger partial charge in [0.2, 0.25) is 5.91 Å². The Bertz CT molecular complexity index is 395. The van der Waals surface area contributed by atoms with Gasteiger partial charge in [0.05, 0.1) is 0 Å². The van der Waals surface area contributed by atoms with Gasteiger partial charge in [-0.3, -0.25) is 9.59 Å². The number of aliphatic carboxylic acids is 2. The lowest BCUT2D eigenvalue weighted by atomic mass is 10.0. The molecule has 1 amide bonds. The number of carboxylic acid groups (broad SMARTS) is 2. The second-order valence-electron chi connectivity index (χ2n) is 5.55. The lowest BCUT2D eigenvalue weighted by molar-refractivity contribution is -0.155. The van der Waals surface area contributed by atoms with E-state index in [1.165, 1.54) is 4.90 Å². The number of carboxylic acids is 2. The number of carbonyl (C=O) groups excluding carboxylic acids is 1. The van der Waals surface area contributed by atoms with Crippen molar-refractivity contribution in [2.24, 2.45) is 5.92 Å². The fourth-order valence-electron chi connectivity index (χ4n) is 2.74. The molecular formula is C14H23NO5S. The van der Waals surface area contributed by atoms with E-state index in [9.17, 15) is 19.5 Å². The molecule has 6 nitrogen and oxygen atoms in total. The van der Waals surface area contributed by atoms with Crippen molar-refractivity contribution in [3.05, 3.63) is 0 Å². The summed E-state index contributed by atoms with van der Waals surface area (Å²) in [5.74, 6) is -2.46. The van der Waals surface area contributed by atoms with Gasteiger partial charge in [-0.1, -0.05) is 19.8 Å². The number of amides is 1. The lowest BCUT2D eigenvalue weighted by Gasteiger charge is -2.35. The Labute approximate surface area is 129 Å². The monoisotopic (exact) mass is 317 g/mol. The van der Waals surface area contributed by atoms with Crippen molar-refractivity contribution in [2.45, 2.75) is 57.5 Å². The molecule has 0 heterocycles. The highest BCUT2D eigenvalue weighted by molar-refractivity contribution is 7.80. The van der Waals surface area contributed by atoms with Gasteiger partial charge in [-0.15, -0.1) is 0 Å². The average molecular weight is 317 g/mol. The summed E-state index contributed by atoms with van der Waals surface area (Å²) < 4.78 is 0. The van der Waals surface area contributed by atoms with Crippen LogP contribution >= 0.6 is 12.6 Å². The highest BCUT2D eigenvalue weighted by Crippen LogP contribution is 2.28. The van der Waals surface area contributed by atoms with Gasteiger partial charge in [0.25, 0.3) is 0 Å². The SMILES string of the molecule is C[C@H](CS)C(=O)N(C1CCCC1)[C@@H](CCC(=O)O)C(=O)O. The Morgan fingerprint density at radius 1 is 1.24 bits per heavy atom. The molecule has 1 fully saturated rings. The molecule has 0 saturated heterocycles. The van der Waals surface area contributed by atoms with Crippen molar-refractivity contribution in [1.82, 2.24) is 4.90 Å². The normalized spacial score (nSPS) is 18.2. The molecule has 2 atom stereocenters. The smallest absolute Gasteiger partial charge is 0.326 e. The van der Waals surface area contributed by atoms with Crippen molar-refractivity contribution in [2.75, 3.05) is 5.75 Å². The van der Waals surface area contributed by atoms with Gasteiger partial charge in [-0.05, 0) is 19.3 Å². The van der Waals surface area contributed by atoms with E-state index in [1.54, 1.807) is 6.92 Å². The van der Waals surface area contributed by atoms with Crippen molar-refractivity contribution < 1.29 is 24.6 Å². The van der Waals surface area contributed by atoms with Crippen LogP contribution in [0.2, 0.25) is 0 Å². The minimum absolute atomic E-state index is 0.0633. The zero-order valence-corrected chi connectivity index (χ0v) is 13.1. The zero-order valence-electron chi connectivity index (χ0n) is 12.2. The van der Waals surface area contributed by atoms with Crippen molar-refractivity contribution in [1.29, 1.82) is 0 Å². The van der Waals surface area contributed by atoms with E-state index in [2.05, 4.69) is 12.6 Å². The molecule has 1 rings (SSSR count). The van der Waals surface area contributed by atoms with Crippen LogP contribution in [0.3, 0.4) is 0 Å². The summed E-state index contributed by atoms with van der Waals surface area (Å²) in [6.45, 7) is 1.72. The minimum atomic E-state index is -1.14. The fourth-order valence-corrected chi connectivity index (χ4v) is 2.90. The maximum absolute atomic E-state index is 12.5. The Morgan fingerprint density at radius 3 is 2.24 bits per heavy atom. The molecule has 0 spiro atoms. The molecule has 0 unspecified atom stereocenters. The van der Waals surface area contributed by atoms with Crippen LogP contribution in [0.4, 0.5) is 0 Å². The molecule has 21 heavy (non-hydrogen) atoms. The highest BCUT2D eigenvalue weighted by Gasteiger charge is 2.37. The first kappa shape index (κ1) is 17.8. The minimum Gasteiger partial charge on any atom is -0.481 e. The van der Waals surface area contributed by atoms with Gasteiger partial charge in [0, 0.05) is 24.1 Å². The summed E-state index contributed by atoms with van der Waals surface area (Å²) in [4.78, 5) is 36.2. The maximum atomic E-state index is 12.5. The first-order valence-corrected chi connectivity index (χ1v) is 7.89. The molecule has 0 aliphatic heterocycles. The molecule has 2 N–H and O–H groups in total. The van der Waals surface area contributed by atoms with Gasteiger partial charge in [0.15, 0.2) is 0 Å². The number of rotatable bonds is 8. The van der Waals surface area contributed by atoms with Crippen molar-refractivity contribution in [3.63, 3.8) is 0 Å². The molecular weight excluding hydrogens is 294 g/mol. The second-order valence-corrected chi connectivity index (χ2v) is 5.92. The van der Waals surface area contributed by atoms with Crippen molar-refractivity contribution in [3.8, 4) is 0 Å². The van der Waals surface area contributed by atoms with E-state index >= 15 is 0 Å². The molecule has 0 radical (unpaired) electrons. The number of hydrogen-bond acceptors (Lipinski definition) is 4. The fraction of sp³-hybridized carbons (Fsp3) is 0.786. The van der Waals surface area contributed by atoms with Crippen LogP contribution in [0.5, 0.6) is 0 Å². The molecule has 0 aromatic carbocycles. The topological polar surface area (TPSA) is 94.9 Å². The van der Waals surface area contributed by atoms with Crippen LogP contribution in [0.25, 0.3) is 0 Å². The third-order valence-corrected chi connectivity index (χ3v) is 4.47. The molecule has 0 bridgehead atoms. The van der Waals surface area contributed by atoms with E-state index in [4.69, 9.17) is 5.11 Å². The summed E-state index contributed by atoms with van der Waals surface area (Å²) in [6, 6.07) is -1.17. The molecule has 7 heteroatoms. The summed E-state index contributed by atoms with van der Waals surface area (Å²) in [7, 11) is 0. The summed E-state index contributed by atoms with van der Waals surface area (Å²) in [6.07, 6.45) is 3.17. The van der Waals surface area contributed by atoms with Crippen LogP contribution in [-0.4, -0.2) is 50.8 Å². The van der Waals surface area contributed by atoms with E-state index in [-0.39, 0.29) is 30.7 Å². The quantitative estimate of drug-likeness (QED) is 0.592. The first-order valence-electron chi connectivity index (χ1n) is 7.26. The number of hydrogen-bond donors (Lipinski definition) is 3. The molecule has 120 valence electrons. The maximum Gasteiger partial charge on any atom is 0.326 e. The third-order valence-electron chi connectivity index (χ3n) is 3.92. The van der Waals surface area contributed by atoms with Crippen LogP contribution in [0.1, 0.15) is 45.4 Å². The standard InChI is InChI=1S/C14H23NO5S/c1-9(8-21)13(18)15(10-4-2-3-5-10)11(14(19)20)6-7-12(16)17/h9-11,21H,2-8H2,1H3,(H,16,17)(H,19,20)/t9-,11+/m1/s1. The van der Waals surface area contributed by atoms with Crippen LogP contribution in [0, 0.1) is 5.92 Å². The number of nitrogens with zero attached hydrogens (tertiary/aromatic N) is 1. The number of carbonyl (C=O) groups is 3. The van der Waals surface area contributed by atoms with Gasteiger partial charge in [-0.2, -0.15) is 12.6 Å². The van der Waals surface area contributed by atoms with E-state index in [1.807, 2.05) is 0 Å². The van der Waals surface area contributed by atoms with Crippen LogP contribution in [0.15, 0.2) is 0 Å². The van der Waals surface area contributed by atoms with Gasteiger partial charge in [-0.25, -0.2) is 4.79 Å². The molecule has 1 aliphatic carbocycles. The highest BCUT2D eigenvalue weighted by atomic mass is 32.1. The van der Waals surface area contributed by atoms with Gasteiger partial charge >= 0.3 is 11.9 Å². The molecule has 1 saturated carbocycles. The second kappa shape index (κ2) is 8.26. The molecule has 0 aromatic rings. The zero-order chi connectivity index (χ0) is 16.0. The Balaban J connectivity index is 2.96. The predicted molar refractivity (Wildman–Crippen MR) is 80.4 cm³/mol. The Hall–Kier alpha value is -1.24. The Kier molecular flexibility index (Phi) is 7.01. The van der Waals surface area contributed by atoms with E-state index in [0.29, 0.717) is 5.75 Å². The summed E-state index contributed by atoms with van der Waals surface area (Å²) in [5, 5.41) is 18.2. The van der Waals surface area contributed by atoms with E-state index in [0.717, 1.165) is 25.7 Å². The lowest BCUT2D eigenvalue weighted by Crippen LogP contribution is -2.52. The summed E-state index contributed by atoms with van der Waals surface area (Å²) >= 11 is 4.11. The van der Waals surface area contributed by atoms with Gasteiger partial charge < -0.3 is 15.1 Å². The first-order chi connectivity index (χ1) is 9.88. The predicted octanol–water partition coefficient (Wildman–Crippen LogP) is 1.64. The average Bonchev–Trinajstić information content (AvgIpc) is 2.94. The van der Waals surface area contributed by atoms with E-state index < -0.39 is 18.0 Å². The van der Waals surface area contributed by atoms with Crippen molar-refractivity contribution >= 4 is 30.5 Å². The molecule has 1 aliphatic rings. The number of thiol groups is 1. The van der Waals surface area contributed by atoms with Crippen LogP contribution < -0.4 is 0 Å². The Morgan fingerprint density at radius 2 is 1.81 bits per heavy atom. The summed E-state index contributed by atoms with van der Waals surface area (Å²) in [5.41, 5.74) is 0. The molecule has 0 aromatic heterocycles. The van der Waals surface area contributed by atoms with Gasteiger partial charge in [0.1, 0.15) is 6.04 Å².